The van der Waals surface area contributed by atoms with Crippen molar-refractivity contribution in [1.29, 1.82) is 0 Å². The van der Waals surface area contributed by atoms with Gasteiger partial charge in [0.2, 0.25) is 5.95 Å². The van der Waals surface area contributed by atoms with Crippen LogP contribution < -0.4 is 5.32 Å². The number of carboxylic acid groups (broad SMARTS) is 1. The van der Waals surface area contributed by atoms with Crippen molar-refractivity contribution in [2.24, 2.45) is 0 Å². The van der Waals surface area contributed by atoms with Gasteiger partial charge in [-0.15, -0.1) is 0 Å². The van der Waals surface area contributed by atoms with E-state index in [0.29, 0.717) is 12.4 Å². The molecule has 0 fully saturated rings. The molecular weight excluding hydrogens is 182 g/mol. The van der Waals surface area contributed by atoms with E-state index in [1.807, 2.05) is 6.92 Å². The molecular formula is C9H13N3O2. The molecule has 76 valence electrons. The Morgan fingerprint density at radius 3 is 2.86 bits per heavy atom. The van der Waals surface area contributed by atoms with Gasteiger partial charge in [-0.05, 0) is 18.9 Å². The Hall–Kier alpha value is -1.65. The van der Waals surface area contributed by atoms with Crippen molar-refractivity contribution in [2.75, 3.05) is 12.4 Å². The lowest BCUT2D eigenvalue weighted by Crippen LogP contribution is -2.03. The maximum atomic E-state index is 10.4. The minimum Gasteiger partial charge on any atom is -0.481 e. The Morgan fingerprint density at radius 1 is 1.64 bits per heavy atom. The van der Waals surface area contributed by atoms with Crippen LogP contribution in [0.15, 0.2) is 6.20 Å². The second-order valence-electron chi connectivity index (χ2n) is 2.95. The lowest BCUT2D eigenvalue weighted by Gasteiger charge is -2.04. The standard InChI is InChI=1S/C9H13N3O2/c1-6-7(3-4-8(13)14)5-11-9(10-2)12-6/h5H,3-4H2,1-2H3,(H,13,14)(H,10,11,12). The van der Waals surface area contributed by atoms with Crippen molar-refractivity contribution in [2.45, 2.75) is 19.8 Å². The first-order valence-corrected chi connectivity index (χ1v) is 4.35. The van der Waals surface area contributed by atoms with Crippen molar-refractivity contribution < 1.29 is 9.90 Å². The highest BCUT2D eigenvalue weighted by Crippen LogP contribution is 2.08. The second kappa shape index (κ2) is 4.55. The van der Waals surface area contributed by atoms with Gasteiger partial charge in [-0.1, -0.05) is 0 Å². The van der Waals surface area contributed by atoms with Crippen molar-refractivity contribution in [3.63, 3.8) is 0 Å². The molecule has 1 heterocycles. The number of anilines is 1. The number of carboxylic acids is 1. The molecule has 1 aromatic rings. The molecule has 14 heavy (non-hydrogen) atoms. The van der Waals surface area contributed by atoms with E-state index in [1.54, 1.807) is 13.2 Å². The molecule has 0 atom stereocenters. The molecule has 0 aliphatic rings. The van der Waals surface area contributed by atoms with Gasteiger partial charge in [-0.2, -0.15) is 0 Å². The fourth-order valence-corrected chi connectivity index (χ4v) is 1.10. The first-order chi connectivity index (χ1) is 6.63. The Labute approximate surface area is 82.2 Å². The summed E-state index contributed by atoms with van der Waals surface area (Å²) >= 11 is 0. The van der Waals surface area contributed by atoms with Gasteiger partial charge in [0.25, 0.3) is 0 Å². The Kier molecular flexibility index (Phi) is 3.39. The highest BCUT2D eigenvalue weighted by atomic mass is 16.4. The minimum atomic E-state index is -0.804. The second-order valence-corrected chi connectivity index (χ2v) is 2.95. The number of nitrogens with one attached hydrogen (secondary N) is 1. The molecule has 1 aromatic heterocycles. The fourth-order valence-electron chi connectivity index (χ4n) is 1.10. The summed E-state index contributed by atoms with van der Waals surface area (Å²) in [6.07, 6.45) is 2.26. The number of aryl methyl sites for hydroxylation is 2. The molecule has 0 aliphatic heterocycles. The molecule has 1 rings (SSSR count). The van der Waals surface area contributed by atoms with Gasteiger partial charge in [0, 0.05) is 25.4 Å². The number of aromatic nitrogens is 2. The quantitative estimate of drug-likeness (QED) is 0.744. The van der Waals surface area contributed by atoms with E-state index in [4.69, 9.17) is 5.11 Å². The molecule has 0 amide bonds. The van der Waals surface area contributed by atoms with E-state index in [2.05, 4.69) is 15.3 Å². The SMILES string of the molecule is CNc1ncc(CCC(=O)O)c(C)n1. The topological polar surface area (TPSA) is 75.1 Å². The van der Waals surface area contributed by atoms with Crippen molar-refractivity contribution in [3.05, 3.63) is 17.5 Å². The van der Waals surface area contributed by atoms with Crippen LogP contribution in [0.2, 0.25) is 0 Å². The average Bonchev–Trinajstić information content (AvgIpc) is 2.15. The average molecular weight is 195 g/mol. The van der Waals surface area contributed by atoms with E-state index in [0.717, 1.165) is 11.3 Å². The van der Waals surface area contributed by atoms with Crippen LogP contribution in [0, 0.1) is 6.92 Å². The third kappa shape index (κ3) is 2.69. The zero-order valence-electron chi connectivity index (χ0n) is 8.24. The predicted octanol–water partition coefficient (Wildman–Crippen LogP) is 0.844. The van der Waals surface area contributed by atoms with Gasteiger partial charge in [0.15, 0.2) is 0 Å². The molecule has 0 aromatic carbocycles. The summed E-state index contributed by atoms with van der Waals surface area (Å²) in [7, 11) is 1.74. The Morgan fingerprint density at radius 2 is 2.36 bits per heavy atom. The Balaban J connectivity index is 2.73. The largest absolute Gasteiger partial charge is 0.481 e. The zero-order chi connectivity index (χ0) is 10.6. The van der Waals surface area contributed by atoms with E-state index in [1.165, 1.54) is 0 Å². The summed E-state index contributed by atoms with van der Waals surface area (Å²) < 4.78 is 0. The smallest absolute Gasteiger partial charge is 0.303 e. The number of aliphatic carboxylic acids is 1. The third-order valence-corrected chi connectivity index (χ3v) is 1.91. The van der Waals surface area contributed by atoms with Crippen LogP contribution in [0.5, 0.6) is 0 Å². The van der Waals surface area contributed by atoms with Crippen molar-refractivity contribution in [3.8, 4) is 0 Å². The van der Waals surface area contributed by atoms with Gasteiger partial charge in [-0.3, -0.25) is 4.79 Å². The van der Waals surface area contributed by atoms with Crippen LogP contribution in [-0.2, 0) is 11.2 Å². The van der Waals surface area contributed by atoms with Crippen molar-refractivity contribution in [1.82, 2.24) is 9.97 Å². The van der Waals surface area contributed by atoms with Crippen LogP contribution in [0.1, 0.15) is 17.7 Å². The zero-order valence-corrected chi connectivity index (χ0v) is 8.24. The van der Waals surface area contributed by atoms with E-state index >= 15 is 0 Å². The number of carbonyl (C=O) groups is 1. The molecule has 0 saturated heterocycles. The molecule has 0 unspecified atom stereocenters. The monoisotopic (exact) mass is 195 g/mol. The van der Waals surface area contributed by atoms with Crippen LogP contribution in [0.3, 0.4) is 0 Å². The van der Waals surface area contributed by atoms with E-state index < -0.39 is 5.97 Å². The maximum Gasteiger partial charge on any atom is 0.303 e. The maximum absolute atomic E-state index is 10.4. The summed E-state index contributed by atoms with van der Waals surface area (Å²) in [5.74, 6) is -0.247. The van der Waals surface area contributed by atoms with Crippen LogP contribution in [0.4, 0.5) is 5.95 Å². The molecule has 0 spiro atoms. The Bertz CT molecular complexity index is 339. The normalized spacial score (nSPS) is 9.86. The van der Waals surface area contributed by atoms with E-state index in [9.17, 15) is 4.79 Å². The fraction of sp³-hybridized carbons (Fsp3) is 0.444. The molecule has 0 aliphatic carbocycles. The van der Waals surface area contributed by atoms with Gasteiger partial charge in [-0.25, -0.2) is 9.97 Å². The summed E-state index contributed by atoms with van der Waals surface area (Å²) in [5.41, 5.74) is 1.71. The van der Waals surface area contributed by atoms with E-state index in [-0.39, 0.29) is 6.42 Å². The lowest BCUT2D eigenvalue weighted by molar-refractivity contribution is -0.136. The number of hydrogen-bond donors (Lipinski definition) is 2. The summed E-state index contributed by atoms with van der Waals surface area (Å²) in [5, 5.41) is 11.3. The number of rotatable bonds is 4. The van der Waals surface area contributed by atoms with Gasteiger partial charge in [0.1, 0.15) is 0 Å². The third-order valence-electron chi connectivity index (χ3n) is 1.91. The van der Waals surface area contributed by atoms with Crippen molar-refractivity contribution >= 4 is 11.9 Å². The van der Waals surface area contributed by atoms with Gasteiger partial charge < -0.3 is 10.4 Å². The summed E-state index contributed by atoms with van der Waals surface area (Å²) in [6, 6.07) is 0. The number of hydrogen-bond acceptors (Lipinski definition) is 4. The van der Waals surface area contributed by atoms with Crippen LogP contribution in [-0.4, -0.2) is 28.1 Å². The van der Waals surface area contributed by atoms with Crippen LogP contribution >= 0.6 is 0 Å². The molecule has 0 bridgehead atoms. The summed E-state index contributed by atoms with van der Waals surface area (Å²) in [6.45, 7) is 1.85. The minimum absolute atomic E-state index is 0.114. The first-order valence-electron chi connectivity index (χ1n) is 4.35. The molecule has 2 N–H and O–H groups in total. The molecule has 0 saturated carbocycles. The van der Waals surface area contributed by atoms with Crippen LogP contribution in [0.25, 0.3) is 0 Å². The molecule has 5 heteroatoms. The molecule has 5 nitrogen and oxygen atoms in total. The first kappa shape index (κ1) is 10.4. The summed E-state index contributed by atoms with van der Waals surface area (Å²) in [4.78, 5) is 18.5. The molecule has 0 radical (unpaired) electrons. The highest BCUT2D eigenvalue weighted by Gasteiger charge is 2.04. The van der Waals surface area contributed by atoms with Gasteiger partial charge in [0.05, 0.1) is 0 Å². The highest BCUT2D eigenvalue weighted by molar-refractivity contribution is 5.67. The number of nitrogens with zero attached hydrogens (tertiary/aromatic N) is 2. The van der Waals surface area contributed by atoms with Gasteiger partial charge >= 0.3 is 5.97 Å². The lowest BCUT2D eigenvalue weighted by atomic mass is 10.1. The predicted molar refractivity (Wildman–Crippen MR) is 52.3 cm³/mol.